The lowest BCUT2D eigenvalue weighted by molar-refractivity contribution is -0.113. The molecular formula is C9H9Br2N3OS. The van der Waals surface area contributed by atoms with Gasteiger partial charge in [-0.3, -0.25) is 10.2 Å². The van der Waals surface area contributed by atoms with Gasteiger partial charge in [0.15, 0.2) is 5.17 Å². The minimum Gasteiger partial charge on any atom is -0.379 e. The molecule has 0 spiro atoms. The van der Waals surface area contributed by atoms with Crippen molar-refractivity contribution < 1.29 is 4.79 Å². The van der Waals surface area contributed by atoms with Crippen molar-refractivity contribution in [1.29, 1.82) is 5.41 Å². The van der Waals surface area contributed by atoms with E-state index in [2.05, 4.69) is 37.2 Å². The summed E-state index contributed by atoms with van der Waals surface area (Å²) in [5, 5.41) is 9.63. The second kappa shape index (κ2) is 6.27. The van der Waals surface area contributed by atoms with Crippen LogP contribution in [0.1, 0.15) is 0 Å². The topological polar surface area (TPSA) is 79.0 Å². The molecule has 7 heteroatoms. The average molecular weight is 367 g/mol. The first kappa shape index (κ1) is 13.5. The fourth-order valence-electron chi connectivity index (χ4n) is 0.920. The molecule has 0 aromatic heterocycles. The Morgan fingerprint density at radius 3 is 2.75 bits per heavy atom. The monoisotopic (exact) mass is 365 g/mol. The number of hydrogen-bond acceptors (Lipinski definition) is 3. The number of rotatable bonds is 3. The van der Waals surface area contributed by atoms with Gasteiger partial charge in [-0.1, -0.05) is 27.7 Å². The number of carbonyl (C=O) groups is 1. The second-order valence-corrected chi connectivity index (χ2v) is 5.61. The summed E-state index contributed by atoms with van der Waals surface area (Å²) in [5.74, 6) is -0.0547. The lowest BCUT2D eigenvalue weighted by Crippen LogP contribution is -2.17. The van der Waals surface area contributed by atoms with Crippen molar-refractivity contribution in [2.45, 2.75) is 0 Å². The summed E-state index contributed by atoms with van der Waals surface area (Å²) in [6.45, 7) is 0. The summed E-state index contributed by atoms with van der Waals surface area (Å²) < 4.78 is 1.72. The number of amides is 1. The van der Waals surface area contributed by atoms with Gasteiger partial charge < -0.3 is 11.1 Å². The van der Waals surface area contributed by atoms with E-state index in [1.807, 2.05) is 12.1 Å². The highest BCUT2D eigenvalue weighted by molar-refractivity contribution is 9.11. The van der Waals surface area contributed by atoms with E-state index < -0.39 is 0 Å². The molecule has 16 heavy (non-hydrogen) atoms. The van der Waals surface area contributed by atoms with Crippen LogP contribution >= 0.6 is 43.6 Å². The quantitative estimate of drug-likeness (QED) is 0.568. The fourth-order valence-corrected chi connectivity index (χ4v) is 2.43. The number of hydrogen-bond donors (Lipinski definition) is 3. The molecule has 0 radical (unpaired) electrons. The van der Waals surface area contributed by atoms with E-state index in [1.165, 1.54) is 0 Å². The van der Waals surface area contributed by atoms with Crippen LogP contribution in [0.25, 0.3) is 0 Å². The minimum absolute atomic E-state index is 0.0648. The summed E-state index contributed by atoms with van der Waals surface area (Å²) in [6.07, 6.45) is 0. The number of halogens is 2. The van der Waals surface area contributed by atoms with Gasteiger partial charge in [-0.15, -0.1) is 0 Å². The molecule has 1 aromatic carbocycles. The van der Waals surface area contributed by atoms with E-state index in [1.54, 1.807) is 6.07 Å². The summed E-state index contributed by atoms with van der Waals surface area (Å²) in [7, 11) is 0. The Labute approximate surface area is 114 Å². The third kappa shape index (κ3) is 4.54. The van der Waals surface area contributed by atoms with Gasteiger partial charge in [-0.25, -0.2) is 0 Å². The maximum Gasteiger partial charge on any atom is 0.234 e. The highest BCUT2D eigenvalue weighted by atomic mass is 79.9. The number of amidine groups is 1. The Kier molecular flexibility index (Phi) is 5.30. The largest absolute Gasteiger partial charge is 0.379 e. The van der Waals surface area contributed by atoms with Gasteiger partial charge in [0.25, 0.3) is 0 Å². The molecule has 1 aromatic rings. The number of carbonyl (C=O) groups excluding carboxylic acids is 1. The minimum atomic E-state index is -0.191. The molecule has 0 aliphatic heterocycles. The lowest BCUT2D eigenvalue weighted by Gasteiger charge is -2.07. The fraction of sp³-hybridized carbons (Fsp3) is 0.111. The van der Waals surface area contributed by atoms with Crippen molar-refractivity contribution in [2.24, 2.45) is 5.73 Å². The molecule has 0 bridgehead atoms. The number of anilines is 1. The van der Waals surface area contributed by atoms with Gasteiger partial charge in [0.05, 0.1) is 11.4 Å². The molecule has 4 N–H and O–H groups in total. The molecule has 0 unspecified atom stereocenters. The zero-order valence-electron chi connectivity index (χ0n) is 8.09. The van der Waals surface area contributed by atoms with Crippen LogP contribution in [0.2, 0.25) is 0 Å². The van der Waals surface area contributed by atoms with Gasteiger partial charge in [-0.05, 0) is 34.1 Å². The van der Waals surface area contributed by atoms with Crippen molar-refractivity contribution in [1.82, 2.24) is 0 Å². The van der Waals surface area contributed by atoms with Crippen LogP contribution in [-0.2, 0) is 4.79 Å². The first-order chi connectivity index (χ1) is 7.49. The molecule has 0 aliphatic rings. The number of nitrogens with one attached hydrogen (secondary N) is 2. The van der Waals surface area contributed by atoms with E-state index in [9.17, 15) is 4.79 Å². The van der Waals surface area contributed by atoms with E-state index in [0.717, 1.165) is 20.7 Å². The summed E-state index contributed by atoms with van der Waals surface area (Å²) in [6, 6.07) is 5.46. The molecule has 0 saturated carbocycles. The Morgan fingerprint density at radius 2 is 2.19 bits per heavy atom. The van der Waals surface area contributed by atoms with Crippen molar-refractivity contribution >= 4 is 60.4 Å². The van der Waals surface area contributed by atoms with Crippen LogP contribution < -0.4 is 11.1 Å². The second-order valence-electron chi connectivity index (χ2n) is 2.83. The van der Waals surface area contributed by atoms with Gasteiger partial charge in [0.2, 0.25) is 5.91 Å². The van der Waals surface area contributed by atoms with Crippen LogP contribution in [0.5, 0.6) is 0 Å². The molecule has 4 nitrogen and oxygen atoms in total. The van der Waals surface area contributed by atoms with Crippen LogP contribution in [0, 0.1) is 5.41 Å². The smallest absolute Gasteiger partial charge is 0.234 e. The summed E-state index contributed by atoms with van der Waals surface area (Å²) in [4.78, 5) is 11.4. The zero-order valence-corrected chi connectivity index (χ0v) is 12.1. The highest BCUT2D eigenvalue weighted by Gasteiger charge is 2.06. The molecule has 0 saturated heterocycles. The third-order valence-electron chi connectivity index (χ3n) is 1.56. The van der Waals surface area contributed by atoms with Crippen molar-refractivity contribution in [3.8, 4) is 0 Å². The predicted molar refractivity (Wildman–Crippen MR) is 74.8 cm³/mol. The molecule has 0 aliphatic carbocycles. The van der Waals surface area contributed by atoms with Gasteiger partial charge >= 0.3 is 0 Å². The van der Waals surface area contributed by atoms with Crippen LogP contribution in [-0.4, -0.2) is 16.8 Å². The molecule has 1 amide bonds. The average Bonchev–Trinajstić information content (AvgIpc) is 2.19. The highest BCUT2D eigenvalue weighted by Crippen LogP contribution is 2.26. The Balaban J connectivity index is 2.59. The lowest BCUT2D eigenvalue weighted by atomic mass is 10.3. The van der Waals surface area contributed by atoms with Crippen LogP contribution in [0.3, 0.4) is 0 Å². The van der Waals surface area contributed by atoms with Gasteiger partial charge in [0.1, 0.15) is 0 Å². The standard InChI is InChI=1S/C9H9Br2N3OS/c10-5-1-2-7(6(11)3-5)14-8(15)4-16-9(12)13/h1-3H,4H2,(H3,12,13)(H,14,15). The van der Waals surface area contributed by atoms with Crippen molar-refractivity contribution in [3.63, 3.8) is 0 Å². The summed E-state index contributed by atoms with van der Waals surface area (Å²) in [5.41, 5.74) is 5.83. The third-order valence-corrected chi connectivity index (χ3v) is 3.43. The maximum absolute atomic E-state index is 11.4. The van der Waals surface area contributed by atoms with Gasteiger partial charge in [-0.2, -0.15) is 0 Å². The van der Waals surface area contributed by atoms with Crippen molar-refractivity contribution in [3.05, 3.63) is 27.1 Å². The van der Waals surface area contributed by atoms with Gasteiger partial charge in [0, 0.05) is 8.95 Å². The SMILES string of the molecule is N=C(N)SCC(=O)Nc1ccc(Br)cc1Br. The molecule has 0 heterocycles. The Morgan fingerprint density at radius 1 is 1.50 bits per heavy atom. The predicted octanol–water partition coefficient (Wildman–Crippen LogP) is 2.78. The molecule has 86 valence electrons. The maximum atomic E-state index is 11.4. The van der Waals surface area contributed by atoms with E-state index in [0.29, 0.717) is 5.69 Å². The normalized spacial score (nSPS) is 9.88. The molecular weight excluding hydrogens is 358 g/mol. The van der Waals surface area contributed by atoms with E-state index in [-0.39, 0.29) is 16.8 Å². The molecule has 0 atom stereocenters. The van der Waals surface area contributed by atoms with Crippen LogP contribution in [0.4, 0.5) is 5.69 Å². The Hall–Kier alpha value is -0.530. The number of thioether (sulfide) groups is 1. The van der Waals surface area contributed by atoms with Crippen LogP contribution in [0.15, 0.2) is 27.1 Å². The summed E-state index contributed by atoms with van der Waals surface area (Å²) >= 11 is 7.65. The number of nitrogens with two attached hydrogens (primary N) is 1. The van der Waals surface area contributed by atoms with E-state index >= 15 is 0 Å². The van der Waals surface area contributed by atoms with Crippen molar-refractivity contribution in [2.75, 3.05) is 11.1 Å². The van der Waals surface area contributed by atoms with E-state index in [4.69, 9.17) is 11.1 Å². The number of benzene rings is 1. The molecule has 1 rings (SSSR count). The zero-order chi connectivity index (χ0) is 12.1. The first-order valence-corrected chi connectivity index (χ1v) is 6.78. The molecule has 0 fully saturated rings. The Bertz CT molecular complexity index is 425. The first-order valence-electron chi connectivity index (χ1n) is 4.21.